The van der Waals surface area contributed by atoms with Gasteiger partial charge in [-0.05, 0) is 11.6 Å². The van der Waals surface area contributed by atoms with Crippen LogP contribution in [0.15, 0.2) is 42.5 Å². The smallest absolute Gasteiger partial charge is 0.249 e. The minimum absolute atomic E-state index is 0. The third-order valence-electron chi connectivity index (χ3n) is 3.02. The van der Waals surface area contributed by atoms with Crippen LogP contribution < -0.4 is 5.73 Å². The molecule has 1 aliphatic carbocycles. The zero-order valence-electron chi connectivity index (χ0n) is 9.34. The first-order valence-electron chi connectivity index (χ1n) is 5.27. The number of nitrogens with two attached hydrogens (primary N) is 1. The molecule has 2 aromatic carbocycles. The first-order chi connectivity index (χ1) is 8.20. The predicted molar refractivity (Wildman–Crippen MR) is 71.1 cm³/mol. The lowest BCUT2D eigenvalue weighted by molar-refractivity contribution is 0.100. The largest absolute Gasteiger partial charge is 0.366 e. The van der Waals surface area contributed by atoms with E-state index in [1.807, 2.05) is 18.2 Å². The molecule has 0 bridgehead atoms. The van der Waals surface area contributed by atoms with E-state index in [-0.39, 0.29) is 18.2 Å². The Bertz CT molecular complexity index is 665. The number of amides is 1. The molecule has 0 unspecified atom stereocenters. The lowest BCUT2D eigenvalue weighted by Crippen LogP contribution is -2.12. The summed E-state index contributed by atoms with van der Waals surface area (Å²) in [5.74, 6) is -0.551. The van der Waals surface area contributed by atoms with E-state index >= 15 is 0 Å². The molecule has 3 nitrogen and oxygen atoms in total. The van der Waals surface area contributed by atoms with Crippen LogP contribution in [0.2, 0.25) is 0 Å². The number of hydrogen-bond acceptors (Lipinski definition) is 2. The fourth-order valence-corrected chi connectivity index (χ4v) is 2.28. The van der Waals surface area contributed by atoms with E-state index < -0.39 is 5.91 Å². The molecule has 0 spiro atoms. The van der Waals surface area contributed by atoms with Gasteiger partial charge in [0.25, 0.3) is 0 Å². The van der Waals surface area contributed by atoms with Crippen LogP contribution in [0.5, 0.6) is 0 Å². The molecule has 0 fully saturated rings. The van der Waals surface area contributed by atoms with Crippen LogP contribution in [0.4, 0.5) is 0 Å². The number of hydrogen-bond donors (Lipinski definition) is 1. The van der Waals surface area contributed by atoms with Crippen molar-refractivity contribution in [3.8, 4) is 11.1 Å². The molecule has 0 saturated carbocycles. The van der Waals surface area contributed by atoms with Crippen LogP contribution in [-0.4, -0.2) is 11.7 Å². The van der Waals surface area contributed by atoms with Gasteiger partial charge in [0.05, 0.1) is 0 Å². The third-order valence-corrected chi connectivity index (χ3v) is 3.02. The fraction of sp³-hybridized carbons (Fsp3) is 0. The van der Waals surface area contributed by atoms with Gasteiger partial charge in [-0.1, -0.05) is 36.4 Å². The molecule has 18 heavy (non-hydrogen) atoms. The molecular weight excluding hydrogens is 250 g/mol. The standard InChI is InChI=1S/C14H9NO2.ClH/c15-14(17)11-7-3-6-10-12(11)8-4-1-2-5-9(8)13(10)16;/h1-7H,(H2,15,17);1H. The van der Waals surface area contributed by atoms with Crippen molar-refractivity contribution in [1.82, 2.24) is 0 Å². The van der Waals surface area contributed by atoms with Crippen LogP contribution in [0.1, 0.15) is 26.3 Å². The Morgan fingerprint density at radius 1 is 0.889 bits per heavy atom. The van der Waals surface area contributed by atoms with Crippen LogP contribution in [0.25, 0.3) is 11.1 Å². The van der Waals surface area contributed by atoms with Crippen molar-refractivity contribution in [3.05, 3.63) is 59.2 Å². The Morgan fingerprint density at radius 2 is 1.50 bits per heavy atom. The van der Waals surface area contributed by atoms with E-state index in [0.29, 0.717) is 22.3 Å². The third kappa shape index (κ3) is 1.52. The normalized spacial score (nSPS) is 11.4. The molecule has 0 heterocycles. The summed E-state index contributed by atoms with van der Waals surface area (Å²) in [6.07, 6.45) is 0. The van der Waals surface area contributed by atoms with Crippen molar-refractivity contribution in [3.63, 3.8) is 0 Å². The Labute approximate surface area is 110 Å². The van der Waals surface area contributed by atoms with E-state index in [0.717, 1.165) is 5.56 Å². The van der Waals surface area contributed by atoms with E-state index in [1.165, 1.54) is 0 Å². The monoisotopic (exact) mass is 259 g/mol. The van der Waals surface area contributed by atoms with Crippen molar-refractivity contribution in [2.45, 2.75) is 0 Å². The van der Waals surface area contributed by atoms with Gasteiger partial charge >= 0.3 is 0 Å². The molecule has 0 aromatic heterocycles. The van der Waals surface area contributed by atoms with Crippen molar-refractivity contribution in [1.29, 1.82) is 0 Å². The first-order valence-corrected chi connectivity index (χ1v) is 5.27. The second kappa shape index (κ2) is 4.27. The van der Waals surface area contributed by atoms with Crippen molar-refractivity contribution in [2.24, 2.45) is 5.73 Å². The summed E-state index contributed by atoms with van der Waals surface area (Å²) in [5.41, 5.74) is 8.40. The summed E-state index contributed by atoms with van der Waals surface area (Å²) in [4.78, 5) is 23.5. The second-order valence-corrected chi connectivity index (χ2v) is 3.97. The predicted octanol–water partition coefficient (Wildman–Crippen LogP) is 2.42. The summed E-state index contributed by atoms with van der Waals surface area (Å²) in [6, 6.07) is 12.3. The zero-order valence-corrected chi connectivity index (χ0v) is 10.2. The molecule has 0 saturated heterocycles. The molecule has 2 N–H and O–H groups in total. The molecule has 3 rings (SSSR count). The lowest BCUT2D eigenvalue weighted by Gasteiger charge is -2.04. The highest BCUT2D eigenvalue weighted by Gasteiger charge is 2.29. The zero-order chi connectivity index (χ0) is 12.0. The number of ketones is 1. The molecule has 90 valence electrons. The molecule has 1 amide bonds. The lowest BCUT2D eigenvalue weighted by atomic mass is 9.99. The van der Waals surface area contributed by atoms with Crippen molar-refractivity contribution < 1.29 is 9.59 Å². The van der Waals surface area contributed by atoms with Gasteiger partial charge < -0.3 is 5.73 Å². The van der Waals surface area contributed by atoms with Gasteiger partial charge in [-0.2, -0.15) is 0 Å². The minimum atomic E-state index is -0.508. The van der Waals surface area contributed by atoms with Gasteiger partial charge in [0.2, 0.25) is 5.91 Å². The minimum Gasteiger partial charge on any atom is -0.366 e. The van der Waals surface area contributed by atoms with Crippen molar-refractivity contribution in [2.75, 3.05) is 0 Å². The maximum absolute atomic E-state index is 12.1. The quantitative estimate of drug-likeness (QED) is 0.730. The molecule has 0 atom stereocenters. The Balaban J connectivity index is 0.00000120. The van der Waals surface area contributed by atoms with E-state index in [1.54, 1.807) is 24.3 Å². The van der Waals surface area contributed by atoms with Gasteiger partial charge in [0.15, 0.2) is 5.78 Å². The number of halogens is 1. The highest BCUT2D eigenvalue weighted by Crippen LogP contribution is 2.38. The van der Waals surface area contributed by atoms with Crippen LogP contribution >= 0.6 is 12.4 Å². The Morgan fingerprint density at radius 3 is 2.17 bits per heavy atom. The number of rotatable bonds is 1. The molecule has 1 aliphatic rings. The van der Waals surface area contributed by atoms with Gasteiger partial charge in [0.1, 0.15) is 0 Å². The van der Waals surface area contributed by atoms with E-state index in [4.69, 9.17) is 5.73 Å². The SMILES string of the molecule is Cl.NC(=O)c1cccc2c1-c1ccccc1C2=O. The van der Waals surface area contributed by atoms with E-state index in [2.05, 4.69) is 0 Å². The summed E-state index contributed by atoms with van der Waals surface area (Å²) >= 11 is 0. The second-order valence-electron chi connectivity index (χ2n) is 3.97. The Kier molecular flexibility index (Phi) is 2.93. The molecule has 4 heteroatoms. The molecular formula is C14H10ClNO2. The van der Waals surface area contributed by atoms with Gasteiger partial charge in [0, 0.05) is 22.3 Å². The maximum atomic E-state index is 12.1. The number of fused-ring (bicyclic) bond motifs is 3. The molecule has 2 aromatic rings. The van der Waals surface area contributed by atoms with Crippen LogP contribution in [-0.2, 0) is 0 Å². The van der Waals surface area contributed by atoms with Gasteiger partial charge in [-0.3, -0.25) is 9.59 Å². The van der Waals surface area contributed by atoms with Crippen LogP contribution in [0.3, 0.4) is 0 Å². The number of benzene rings is 2. The van der Waals surface area contributed by atoms with Crippen LogP contribution in [0, 0.1) is 0 Å². The average molecular weight is 260 g/mol. The molecule has 0 radical (unpaired) electrons. The topological polar surface area (TPSA) is 60.2 Å². The summed E-state index contributed by atoms with van der Waals surface area (Å²) in [5, 5.41) is 0. The summed E-state index contributed by atoms with van der Waals surface area (Å²) in [7, 11) is 0. The Hall–Kier alpha value is -2.13. The summed E-state index contributed by atoms with van der Waals surface area (Å²) in [6.45, 7) is 0. The number of carbonyl (C=O) groups is 2. The van der Waals surface area contributed by atoms with Gasteiger partial charge in [-0.15, -0.1) is 12.4 Å². The van der Waals surface area contributed by atoms with Gasteiger partial charge in [-0.25, -0.2) is 0 Å². The average Bonchev–Trinajstić information content (AvgIpc) is 2.64. The maximum Gasteiger partial charge on any atom is 0.249 e. The highest BCUT2D eigenvalue weighted by atomic mass is 35.5. The fourth-order valence-electron chi connectivity index (χ4n) is 2.28. The number of carbonyl (C=O) groups excluding carboxylic acids is 2. The number of primary amides is 1. The first kappa shape index (κ1) is 12.3. The summed E-state index contributed by atoms with van der Waals surface area (Å²) < 4.78 is 0. The molecule has 0 aliphatic heterocycles. The van der Waals surface area contributed by atoms with E-state index in [9.17, 15) is 9.59 Å². The van der Waals surface area contributed by atoms with Crippen molar-refractivity contribution >= 4 is 24.1 Å². The highest BCUT2D eigenvalue weighted by molar-refractivity contribution is 6.24.